The van der Waals surface area contributed by atoms with Crippen LogP contribution in [0.25, 0.3) is 0 Å². The smallest absolute Gasteiger partial charge is 0.203 e. The third-order valence-electron chi connectivity index (χ3n) is 3.16. The molecule has 0 aliphatic heterocycles. The summed E-state index contributed by atoms with van der Waals surface area (Å²) in [5, 5.41) is 3.52. The van der Waals surface area contributed by atoms with Gasteiger partial charge in [-0.05, 0) is 31.5 Å². The summed E-state index contributed by atoms with van der Waals surface area (Å²) in [7, 11) is 4.92. The molecule has 108 valence electrons. The van der Waals surface area contributed by atoms with Crippen molar-refractivity contribution in [1.82, 2.24) is 5.32 Å². The number of hydrogen-bond acceptors (Lipinski definition) is 4. The third-order valence-corrected chi connectivity index (χ3v) is 3.16. The average molecular weight is 267 g/mol. The summed E-state index contributed by atoms with van der Waals surface area (Å²) in [6.45, 7) is 5.30. The van der Waals surface area contributed by atoms with Crippen molar-refractivity contribution in [2.45, 2.75) is 32.7 Å². The zero-order valence-electron chi connectivity index (χ0n) is 12.6. The van der Waals surface area contributed by atoms with Gasteiger partial charge in [-0.15, -0.1) is 0 Å². The molecule has 1 atom stereocenters. The normalized spacial score (nSPS) is 12.1. The van der Waals surface area contributed by atoms with E-state index in [1.54, 1.807) is 21.3 Å². The topological polar surface area (TPSA) is 39.7 Å². The first-order valence-corrected chi connectivity index (χ1v) is 6.75. The molecular weight excluding hydrogens is 242 g/mol. The second-order valence-electron chi connectivity index (χ2n) is 4.34. The molecule has 1 aromatic rings. The highest BCUT2D eigenvalue weighted by atomic mass is 16.5. The van der Waals surface area contributed by atoms with Gasteiger partial charge in [-0.2, -0.15) is 0 Å². The van der Waals surface area contributed by atoms with Crippen molar-refractivity contribution in [2.24, 2.45) is 0 Å². The number of methoxy groups -OCH3 is 3. The Labute approximate surface area is 116 Å². The van der Waals surface area contributed by atoms with E-state index in [1.807, 2.05) is 12.1 Å². The van der Waals surface area contributed by atoms with Crippen LogP contribution in [0.15, 0.2) is 12.1 Å². The molecule has 0 spiro atoms. The molecule has 4 nitrogen and oxygen atoms in total. The van der Waals surface area contributed by atoms with Crippen LogP contribution in [-0.4, -0.2) is 27.9 Å². The van der Waals surface area contributed by atoms with E-state index in [2.05, 4.69) is 19.2 Å². The summed E-state index contributed by atoms with van der Waals surface area (Å²) in [6, 6.07) is 4.22. The molecule has 1 aromatic carbocycles. The van der Waals surface area contributed by atoms with Crippen molar-refractivity contribution in [3.63, 3.8) is 0 Å². The Balaban J connectivity index is 3.18. The molecule has 0 saturated carbocycles. The molecule has 0 heterocycles. The molecule has 1 rings (SSSR count). The third kappa shape index (κ3) is 3.53. The van der Waals surface area contributed by atoms with Crippen LogP contribution in [0.1, 0.15) is 38.3 Å². The van der Waals surface area contributed by atoms with Crippen molar-refractivity contribution in [2.75, 3.05) is 27.9 Å². The van der Waals surface area contributed by atoms with Crippen LogP contribution in [0.3, 0.4) is 0 Å². The van der Waals surface area contributed by atoms with E-state index in [-0.39, 0.29) is 6.04 Å². The van der Waals surface area contributed by atoms with Gasteiger partial charge in [0.1, 0.15) is 0 Å². The summed E-state index contributed by atoms with van der Waals surface area (Å²) < 4.78 is 16.3. The van der Waals surface area contributed by atoms with E-state index in [1.165, 1.54) is 0 Å². The summed E-state index contributed by atoms with van der Waals surface area (Å²) in [5.74, 6) is 2.09. The number of hydrogen-bond donors (Lipinski definition) is 1. The fourth-order valence-electron chi connectivity index (χ4n) is 2.19. The summed E-state index contributed by atoms with van der Waals surface area (Å²) in [6.07, 6.45) is 2.10. The molecule has 1 N–H and O–H groups in total. The van der Waals surface area contributed by atoms with E-state index in [0.29, 0.717) is 11.5 Å². The number of benzene rings is 1. The predicted octanol–water partition coefficient (Wildman–Crippen LogP) is 3.16. The lowest BCUT2D eigenvalue weighted by molar-refractivity contribution is 0.318. The predicted molar refractivity (Wildman–Crippen MR) is 77.4 cm³/mol. The van der Waals surface area contributed by atoms with E-state index in [0.717, 1.165) is 30.7 Å². The highest BCUT2D eigenvalue weighted by Gasteiger charge is 2.20. The molecular formula is C15H25NO3. The van der Waals surface area contributed by atoms with Gasteiger partial charge in [0.25, 0.3) is 0 Å². The van der Waals surface area contributed by atoms with Crippen LogP contribution in [0.2, 0.25) is 0 Å². The summed E-state index contributed by atoms with van der Waals surface area (Å²) in [5.41, 5.74) is 1.11. The Hall–Kier alpha value is -1.42. The zero-order valence-corrected chi connectivity index (χ0v) is 12.6. The summed E-state index contributed by atoms with van der Waals surface area (Å²) >= 11 is 0. The average Bonchev–Trinajstić information content (AvgIpc) is 2.46. The molecule has 0 bridgehead atoms. The molecule has 4 heteroatoms. The Kier molecular flexibility index (Phi) is 6.50. The first kappa shape index (κ1) is 15.6. The maximum Gasteiger partial charge on any atom is 0.203 e. The summed E-state index contributed by atoms with van der Waals surface area (Å²) in [4.78, 5) is 0. The lowest BCUT2D eigenvalue weighted by atomic mass is 10.0. The van der Waals surface area contributed by atoms with Gasteiger partial charge in [-0.25, -0.2) is 0 Å². The highest BCUT2D eigenvalue weighted by Crippen LogP contribution is 2.42. The van der Waals surface area contributed by atoms with Crippen LogP contribution >= 0.6 is 0 Å². The largest absolute Gasteiger partial charge is 0.493 e. The molecule has 0 fully saturated rings. The minimum atomic E-state index is 0.259. The Morgan fingerprint density at radius 3 is 2.16 bits per heavy atom. The Bertz CT molecular complexity index is 393. The van der Waals surface area contributed by atoms with Gasteiger partial charge in [0.05, 0.1) is 21.3 Å². The van der Waals surface area contributed by atoms with E-state index in [9.17, 15) is 0 Å². The second-order valence-corrected chi connectivity index (χ2v) is 4.34. The highest BCUT2D eigenvalue weighted by molar-refractivity contribution is 5.56. The lowest BCUT2D eigenvalue weighted by Gasteiger charge is -2.22. The minimum absolute atomic E-state index is 0.259. The van der Waals surface area contributed by atoms with Crippen molar-refractivity contribution in [3.05, 3.63) is 17.7 Å². The SMILES string of the molecule is CCCNC(CC)c1ccc(OC)c(OC)c1OC. The standard InChI is InChI=1S/C15H25NO3/c1-6-10-16-12(7-2)11-8-9-13(17-3)15(19-5)14(11)18-4/h8-9,12,16H,6-7,10H2,1-5H3. The van der Waals surface area contributed by atoms with Gasteiger partial charge < -0.3 is 19.5 Å². The van der Waals surface area contributed by atoms with Crippen LogP contribution in [0.4, 0.5) is 0 Å². The minimum Gasteiger partial charge on any atom is -0.493 e. The van der Waals surface area contributed by atoms with Gasteiger partial charge >= 0.3 is 0 Å². The van der Waals surface area contributed by atoms with Gasteiger partial charge in [0.15, 0.2) is 11.5 Å². The van der Waals surface area contributed by atoms with E-state index in [4.69, 9.17) is 14.2 Å². The van der Waals surface area contributed by atoms with Crippen molar-refractivity contribution in [1.29, 1.82) is 0 Å². The fraction of sp³-hybridized carbons (Fsp3) is 0.600. The van der Waals surface area contributed by atoms with Crippen LogP contribution in [0, 0.1) is 0 Å². The first-order valence-electron chi connectivity index (χ1n) is 6.75. The van der Waals surface area contributed by atoms with E-state index >= 15 is 0 Å². The maximum absolute atomic E-state index is 5.53. The number of nitrogens with one attached hydrogen (secondary N) is 1. The number of rotatable bonds is 8. The molecule has 0 aromatic heterocycles. The molecule has 0 aliphatic carbocycles. The van der Waals surface area contributed by atoms with Crippen LogP contribution < -0.4 is 19.5 Å². The fourth-order valence-corrected chi connectivity index (χ4v) is 2.19. The number of ether oxygens (including phenoxy) is 3. The van der Waals surface area contributed by atoms with Crippen molar-refractivity contribution >= 4 is 0 Å². The quantitative estimate of drug-likeness (QED) is 0.785. The van der Waals surface area contributed by atoms with Crippen molar-refractivity contribution < 1.29 is 14.2 Å². The van der Waals surface area contributed by atoms with Gasteiger partial charge in [0.2, 0.25) is 5.75 Å². The van der Waals surface area contributed by atoms with Crippen LogP contribution in [0.5, 0.6) is 17.2 Å². The maximum atomic E-state index is 5.53. The molecule has 0 aliphatic rings. The van der Waals surface area contributed by atoms with Gasteiger partial charge in [0, 0.05) is 11.6 Å². The van der Waals surface area contributed by atoms with Crippen molar-refractivity contribution in [3.8, 4) is 17.2 Å². The Morgan fingerprint density at radius 2 is 1.68 bits per heavy atom. The van der Waals surface area contributed by atoms with Gasteiger partial charge in [-0.3, -0.25) is 0 Å². The molecule has 0 amide bonds. The van der Waals surface area contributed by atoms with Gasteiger partial charge in [-0.1, -0.05) is 13.8 Å². The second kappa shape index (κ2) is 7.89. The molecule has 0 saturated heterocycles. The lowest BCUT2D eigenvalue weighted by Crippen LogP contribution is -2.22. The molecule has 0 radical (unpaired) electrons. The Morgan fingerprint density at radius 1 is 1.00 bits per heavy atom. The van der Waals surface area contributed by atoms with E-state index < -0.39 is 0 Å². The van der Waals surface area contributed by atoms with Crippen LogP contribution in [-0.2, 0) is 0 Å². The zero-order chi connectivity index (χ0) is 14.3. The molecule has 19 heavy (non-hydrogen) atoms. The molecule has 1 unspecified atom stereocenters. The first-order chi connectivity index (χ1) is 9.23. The monoisotopic (exact) mass is 267 g/mol.